The van der Waals surface area contributed by atoms with Crippen molar-refractivity contribution in [3.8, 4) is 5.75 Å². The molecule has 0 spiro atoms. The molecule has 3 nitrogen and oxygen atoms in total. The fourth-order valence-corrected chi connectivity index (χ4v) is 1.65. The summed E-state index contributed by atoms with van der Waals surface area (Å²) in [5.74, 6) is 0.425. The highest BCUT2D eigenvalue weighted by atomic mass is 16.5. The number of hydrogen-bond acceptors (Lipinski definition) is 3. The molecule has 3 heteroatoms. The molecule has 0 aliphatic rings. The maximum absolute atomic E-state index is 11.6. The molecule has 20 heavy (non-hydrogen) atoms. The number of ether oxygens (including phenoxy) is 2. The van der Waals surface area contributed by atoms with Crippen LogP contribution in [0.25, 0.3) is 6.08 Å². The average molecular weight is 268 g/mol. The van der Waals surface area contributed by atoms with E-state index in [1.165, 1.54) is 6.08 Å². The number of hydrogen-bond donors (Lipinski definition) is 0. The molecule has 0 atom stereocenters. The van der Waals surface area contributed by atoms with E-state index in [4.69, 9.17) is 9.47 Å². The minimum atomic E-state index is -0.357. The molecule has 0 saturated carbocycles. The van der Waals surface area contributed by atoms with E-state index in [1.54, 1.807) is 13.2 Å². The Bertz CT molecular complexity index is 571. The minimum Gasteiger partial charge on any atom is -0.497 e. The van der Waals surface area contributed by atoms with E-state index in [-0.39, 0.29) is 12.6 Å². The van der Waals surface area contributed by atoms with Crippen molar-refractivity contribution in [2.75, 3.05) is 7.11 Å². The number of carbonyl (C=O) groups is 1. The average Bonchev–Trinajstić information content (AvgIpc) is 2.52. The van der Waals surface area contributed by atoms with E-state index in [0.717, 1.165) is 16.9 Å². The fourth-order valence-electron chi connectivity index (χ4n) is 1.65. The molecular weight excluding hydrogens is 252 g/mol. The lowest BCUT2D eigenvalue weighted by molar-refractivity contribution is -0.138. The third kappa shape index (κ3) is 4.28. The lowest BCUT2D eigenvalue weighted by Gasteiger charge is -2.03. The topological polar surface area (TPSA) is 35.5 Å². The van der Waals surface area contributed by atoms with Gasteiger partial charge in [-0.3, -0.25) is 0 Å². The quantitative estimate of drug-likeness (QED) is 0.615. The van der Waals surface area contributed by atoms with Gasteiger partial charge in [0.1, 0.15) is 12.4 Å². The fraction of sp³-hybridized carbons (Fsp3) is 0.118. The summed E-state index contributed by atoms with van der Waals surface area (Å²) in [6.07, 6.45) is 3.16. The summed E-state index contributed by atoms with van der Waals surface area (Å²) in [7, 11) is 1.61. The van der Waals surface area contributed by atoms with E-state index in [1.807, 2.05) is 54.6 Å². The van der Waals surface area contributed by atoms with Gasteiger partial charge in [-0.1, -0.05) is 42.5 Å². The van der Waals surface area contributed by atoms with Crippen LogP contribution < -0.4 is 4.74 Å². The zero-order chi connectivity index (χ0) is 14.2. The molecule has 0 heterocycles. The van der Waals surface area contributed by atoms with E-state index < -0.39 is 0 Å². The van der Waals surface area contributed by atoms with Gasteiger partial charge < -0.3 is 9.47 Å². The van der Waals surface area contributed by atoms with E-state index in [0.29, 0.717) is 0 Å². The van der Waals surface area contributed by atoms with E-state index in [2.05, 4.69) is 0 Å². The van der Waals surface area contributed by atoms with Gasteiger partial charge in [0.25, 0.3) is 0 Å². The summed E-state index contributed by atoms with van der Waals surface area (Å²) >= 11 is 0. The Morgan fingerprint density at radius 3 is 2.40 bits per heavy atom. The highest BCUT2D eigenvalue weighted by molar-refractivity contribution is 5.87. The molecule has 0 aliphatic carbocycles. The van der Waals surface area contributed by atoms with Crippen molar-refractivity contribution in [1.82, 2.24) is 0 Å². The summed E-state index contributed by atoms with van der Waals surface area (Å²) in [4.78, 5) is 11.6. The van der Waals surface area contributed by atoms with Crippen LogP contribution in [0.4, 0.5) is 0 Å². The van der Waals surface area contributed by atoms with Gasteiger partial charge in [-0.25, -0.2) is 4.79 Å². The highest BCUT2D eigenvalue weighted by Gasteiger charge is 1.99. The van der Waals surface area contributed by atoms with Gasteiger partial charge >= 0.3 is 5.97 Å². The first-order chi connectivity index (χ1) is 9.78. The molecule has 2 aromatic rings. The maximum Gasteiger partial charge on any atom is 0.331 e. The minimum absolute atomic E-state index is 0.252. The Kier molecular flexibility index (Phi) is 4.95. The first-order valence-electron chi connectivity index (χ1n) is 6.31. The number of carbonyl (C=O) groups excluding carboxylic acids is 1. The Morgan fingerprint density at radius 2 is 1.75 bits per heavy atom. The van der Waals surface area contributed by atoms with E-state index in [9.17, 15) is 4.79 Å². The molecule has 0 saturated heterocycles. The third-order valence-corrected chi connectivity index (χ3v) is 2.75. The predicted molar refractivity (Wildman–Crippen MR) is 78.3 cm³/mol. The van der Waals surface area contributed by atoms with Gasteiger partial charge in [-0.2, -0.15) is 0 Å². The van der Waals surface area contributed by atoms with Crippen LogP contribution in [-0.2, 0) is 16.1 Å². The summed E-state index contributed by atoms with van der Waals surface area (Å²) in [5.41, 5.74) is 1.89. The third-order valence-electron chi connectivity index (χ3n) is 2.75. The molecule has 2 rings (SSSR count). The molecule has 0 aliphatic heterocycles. The molecule has 0 N–H and O–H groups in total. The molecule has 0 unspecified atom stereocenters. The monoisotopic (exact) mass is 268 g/mol. The molecule has 0 bridgehead atoms. The van der Waals surface area contributed by atoms with Crippen LogP contribution in [0.5, 0.6) is 5.75 Å². The van der Waals surface area contributed by atoms with Gasteiger partial charge in [0.05, 0.1) is 7.11 Å². The summed E-state index contributed by atoms with van der Waals surface area (Å²) in [5, 5.41) is 0. The Balaban J connectivity index is 1.84. The molecule has 0 radical (unpaired) electrons. The van der Waals surface area contributed by atoms with Crippen LogP contribution in [0.2, 0.25) is 0 Å². The van der Waals surface area contributed by atoms with Gasteiger partial charge in [0, 0.05) is 6.08 Å². The van der Waals surface area contributed by atoms with Gasteiger partial charge in [-0.05, 0) is 29.3 Å². The number of esters is 1. The van der Waals surface area contributed by atoms with Crippen molar-refractivity contribution >= 4 is 12.0 Å². The van der Waals surface area contributed by atoms with Crippen molar-refractivity contribution < 1.29 is 14.3 Å². The Morgan fingerprint density at radius 1 is 1.05 bits per heavy atom. The number of benzene rings is 2. The van der Waals surface area contributed by atoms with Gasteiger partial charge in [0.15, 0.2) is 0 Å². The van der Waals surface area contributed by atoms with Crippen LogP contribution in [0.15, 0.2) is 60.7 Å². The lowest BCUT2D eigenvalue weighted by Crippen LogP contribution is -2.00. The lowest BCUT2D eigenvalue weighted by atomic mass is 10.2. The number of methoxy groups -OCH3 is 1. The largest absolute Gasteiger partial charge is 0.497 e. The van der Waals surface area contributed by atoms with Crippen molar-refractivity contribution in [2.24, 2.45) is 0 Å². The molecule has 0 aromatic heterocycles. The van der Waals surface area contributed by atoms with Crippen LogP contribution in [-0.4, -0.2) is 13.1 Å². The normalized spacial score (nSPS) is 10.4. The smallest absolute Gasteiger partial charge is 0.331 e. The summed E-state index contributed by atoms with van der Waals surface area (Å²) < 4.78 is 10.2. The maximum atomic E-state index is 11.6. The van der Waals surface area contributed by atoms with Crippen LogP contribution >= 0.6 is 0 Å². The van der Waals surface area contributed by atoms with Crippen LogP contribution in [0.3, 0.4) is 0 Å². The van der Waals surface area contributed by atoms with Gasteiger partial charge in [-0.15, -0.1) is 0 Å². The zero-order valence-corrected chi connectivity index (χ0v) is 11.3. The van der Waals surface area contributed by atoms with Crippen molar-refractivity contribution in [3.63, 3.8) is 0 Å². The Hall–Kier alpha value is -2.55. The second-order valence-corrected chi connectivity index (χ2v) is 4.20. The molecular formula is C17H16O3. The number of rotatable bonds is 5. The van der Waals surface area contributed by atoms with Crippen molar-refractivity contribution in [3.05, 3.63) is 71.8 Å². The van der Waals surface area contributed by atoms with Gasteiger partial charge in [0.2, 0.25) is 0 Å². The van der Waals surface area contributed by atoms with E-state index >= 15 is 0 Å². The first-order valence-corrected chi connectivity index (χ1v) is 6.31. The van der Waals surface area contributed by atoms with Crippen molar-refractivity contribution in [2.45, 2.75) is 6.61 Å². The van der Waals surface area contributed by atoms with Crippen LogP contribution in [0.1, 0.15) is 11.1 Å². The summed E-state index contributed by atoms with van der Waals surface area (Å²) in [6.45, 7) is 0.252. The van der Waals surface area contributed by atoms with Crippen molar-refractivity contribution in [1.29, 1.82) is 0 Å². The standard InChI is InChI=1S/C17H16O3/c1-19-16-10-7-15(8-11-16)13-20-17(18)12-9-14-5-3-2-4-6-14/h2-12H,13H2,1H3/b12-9+. The van der Waals surface area contributed by atoms with Crippen LogP contribution in [0, 0.1) is 0 Å². The highest BCUT2D eigenvalue weighted by Crippen LogP contribution is 2.12. The summed E-state index contributed by atoms with van der Waals surface area (Å²) in [6, 6.07) is 17.0. The molecule has 2 aromatic carbocycles. The zero-order valence-electron chi connectivity index (χ0n) is 11.3. The first kappa shape index (κ1) is 13.9. The molecule has 102 valence electrons. The Labute approximate surface area is 118 Å². The second kappa shape index (κ2) is 7.14. The molecule has 0 fully saturated rings. The predicted octanol–water partition coefficient (Wildman–Crippen LogP) is 3.45. The second-order valence-electron chi connectivity index (χ2n) is 4.20. The molecule has 0 amide bonds. The SMILES string of the molecule is COc1ccc(COC(=O)/C=C/c2ccccc2)cc1.